The van der Waals surface area contributed by atoms with Crippen molar-refractivity contribution in [2.45, 2.75) is 12.5 Å². The Morgan fingerprint density at radius 1 is 1.30 bits per heavy atom. The molecule has 0 aliphatic carbocycles. The zero-order valence-corrected chi connectivity index (χ0v) is 14.5. The summed E-state index contributed by atoms with van der Waals surface area (Å²) in [4.78, 5) is 12.0. The smallest absolute Gasteiger partial charge is 0.238 e. The van der Waals surface area contributed by atoms with E-state index in [1.165, 1.54) is 14.2 Å². The molecule has 0 spiro atoms. The van der Waals surface area contributed by atoms with Gasteiger partial charge in [0.2, 0.25) is 5.91 Å². The third kappa shape index (κ3) is 4.73. The Balaban J connectivity index is 1.97. The topological polar surface area (TPSA) is 93.7 Å². The van der Waals surface area contributed by atoms with Crippen molar-refractivity contribution >= 4 is 33.0 Å². The van der Waals surface area contributed by atoms with Crippen LogP contribution < -0.4 is 20.1 Å². The number of amides is 1. The summed E-state index contributed by atoms with van der Waals surface area (Å²) in [5.41, 5.74) is 0.430. The molecule has 1 saturated heterocycles. The summed E-state index contributed by atoms with van der Waals surface area (Å²) < 4.78 is 33.0. The Morgan fingerprint density at radius 3 is 2.57 bits per heavy atom. The van der Waals surface area contributed by atoms with Gasteiger partial charge in [-0.15, -0.1) is 0 Å². The highest BCUT2D eigenvalue weighted by Gasteiger charge is 2.27. The average Bonchev–Trinajstić information content (AvgIpc) is 2.85. The Morgan fingerprint density at radius 2 is 2.00 bits per heavy atom. The van der Waals surface area contributed by atoms with Crippen molar-refractivity contribution in [2.75, 3.05) is 37.6 Å². The monoisotopic (exact) mass is 362 g/mol. The number of carbonyl (C=O) groups is 1. The number of methoxy groups -OCH3 is 2. The van der Waals surface area contributed by atoms with Crippen molar-refractivity contribution in [3.63, 3.8) is 0 Å². The first kappa shape index (κ1) is 17.8. The van der Waals surface area contributed by atoms with E-state index in [4.69, 9.17) is 21.1 Å². The van der Waals surface area contributed by atoms with Crippen molar-refractivity contribution in [1.82, 2.24) is 5.32 Å². The fraction of sp³-hybridized carbons (Fsp3) is 0.500. The Hall–Kier alpha value is -1.51. The predicted molar refractivity (Wildman–Crippen MR) is 88.2 cm³/mol. The minimum Gasteiger partial charge on any atom is -0.495 e. The van der Waals surface area contributed by atoms with Crippen molar-refractivity contribution in [3.05, 3.63) is 17.2 Å². The zero-order chi connectivity index (χ0) is 17.0. The van der Waals surface area contributed by atoms with E-state index in [-0.39, 0.29) is 30.0 Å². The predicted octanol–water partition coefficient (Wildman–Crippen LogP) is 1.07. The standard InChI is InChI=1S/C14H19ClN2O5S/c1-21-12-6-11(13(22-2)5-10(12)15)17-14(18)7-16-9-3-4-23(19,20)8-9/h5-6,9,16H,3-4,7-8H2,1-2H3,(H,17,18). The van der Waals surface area contributed by atoms with E-state index in [1.807, 2.05) is 0 Å². The molecular weight excluding hydrogens is 344 g/mol. The van der Waals surface area contributed by atoms with Gasteiger partial charge in [0, 0.05) is 18.2 Å². The summed E-state index contributed by atoms with van der Waals surface area (Å²) in [6, 6.07) is 2.93. The molecule has 1 aliphatic rings. The van der Waals surface area contributed by atoms with Crippen molar-refractivity contribution < 1.29 is 22.7 Å². The second kappa shape index (κ2) is 7.37. The maximum absolute atomic E-state index is 12.0. The number of halogens is 1. The van der Waals surface area contributed by atoms with E-state index in [2.05, 4.69) is 10.6 Å². The fourth-order valence-electron chi connectivity index (χ4n) is 2.35. The average molecular weight is 363 g/mol. The number of sulfone groups is 1. The first-order chi connectivity index (χ1) is 10.8. The van der Waals surface area contributed by atoms with Crippen LogP contribution in [0.4, 0.5) is 5.69 Å². The van der Waals surface area contributed by atoms with Crippen LogP contribution in [-0.2, 0) is 14.6 Å². The molecule has 1 aromatic rings. The molecule has 1 atom stereocenters. The van der Waals surface area contributed by atoms with E-state index >= 15 is 0 Å². The summed E-state index contributed by atoms with van der Waals surface area (Å²) in [7, 11) is -0.0308. The summed E-state index contributed by atoms with van der Waals surface area (Å²) in [6.45, 7) is 0.00822. The molecule has 2 rings (SSSR count). The van der Waals surface area contributed by atoms with Gasteiger partial charge in [-0.05, 0) is 6.42 Å². The van der Waals surface area contributed by atoms with Crippen LogP contribution >= 0.6 is 11.6 Å². The highest BCUT2D eigenvalue weighted by atomic mass is 35.5. The molecule has 1 aliphatic heterocycles. The van der Waals surface area contributed by atoms with E-state index < -0.39 is 9.84 Å². The van der Waals surface area contributed by atoms with Crippen LogP contribution in [0.25, 0.3) is 0 Å². The molecule has 7 nitrogen and oxygen atoms in total. The SMILES string of the molecule is COc1cc(NC(=O)CNC2CCS(=O)(=O)C2)c(OC)cc1Cl. The van der Waals surface area contributed by atoms with Crippen LogP contribution in [-0.4, -0.2) is 52.6 Å². The lowest BCUT2D eigenvalue weighted by Crippen LogP contribution is -2.36. The van der Waals surface area contributed by atoms with Gasteiger partial charge >= 0.3 is 0 Å². The highest BCUT2D eigenvalue weighted by molar-refractivity contribution is 7.91. The molecule has 128 valence electrons. The summed E-state index contributed by atoms with van der Waals surface area (Å²) >= 11 is 6.00. The van der Waals surface area contributed by atoms with Crippen LogP contribution in [0.3, 0.4) is 0 Å². The van der Waals surface area contributed by atoms with Gasteiger partial charge in [-0.25, -0.2) is 8.42 Å². The Bertz CT molecular complexity index is 693. The molecule has 1 unspecified atom stereocenters. The Kier molecular flexibility index (Phi) is 5.72. The second-order valence-corrected chi connectivity index (χ2v) is 7.85. The third-order valence-electron chi connectivity index (χ3n) is 3.53. The van der Waals surface area contributed by atoms with Crippen LogP contribution in [0.15, 0.2) is 12.1 Å². The molecule has 0 aromatic heterocycles. The largest absolute Gasteiger partial charge is 0.495 e. The van der Waals surface area contributed by atoms with Gasteiger partial charge in [0.05, 0.1) is 43.0 Å². The molecule has 0 radical (unpaired) electrons. The molecule has 1 aromatic carbocycles. The number of ether oxygens (including phenoxy) is 2. The van der Waals surface area contributed by atoms with Gasteiger partial charge < -0.3 is 20.1 Å². The minimum atomic E-state index is -2.97. The highest BCUT2D eigenvalue weighted by Crippen LogP contribution is 2.35. The number of hydrogen-bond acceptors (Lipinski definition) is 6. The number of carbonyl (C=O) groups excluding carboxylic acids is 1. The first-order valence-corrected chi connectivity index (χ1v) is 9.19. The lowest BCUT2D eigenvalue weighted by Gasteiger charge is -2.14. The summed E-state index contributed by atoms with van der Waals surface area (Å²) in [6.07, 6.45) is 0.522. The molecule has 1 amide bonds. The van der Waals surface area contributed by atoms with Crippen molar-refractivity contribution in [1.29, 1.82) is 0 Å². The first-order valence-electron chi connectivity index (χ1n) is 7.00. The van der Waals surface area contributed by atoms with Gasteiger partial charge in [-0.1, -0.05) is 11.6 Å². The third-order valence-corrected chi connectivity index (χ3v) is 5.60. The van der Waals surface area contributed by atoms with E-state index in [9.17, 15) is 13.2 Å². The van der Waals surface area contributed by atoms with Crippen LogP contribution in [0.2, 0.25) is 5.02 Å². The summed E-state index contributed by atoms with van der Waals surface area (Å²) in [5.74, 6) is 0.745. The summed E-state index contributed by atoms with van der Waals surface area (Å²) in [5, 5.41) is 6.01. The molecule has 9 heteroatoms. The van der Waals surface area contributed by atoms with Gasteiger partial charge in [-0.2, -0.15) is 0 Å². The molecule has 1 fully saturated rings. The number of benzene rings is 1. The number of rotatable bonds is 6. The molecule has 0 bridgehead atoms. The number of anilines is 1. The maximum Gasteiger partial charge on any atom is 0.238 e. The number of nitrogens with one attached hydrogen (secondary N) is 2. The lowest BCUT2D eigenvalue weighted by molar-refractivity contribution is -0.115. The normalized spacial score (nSPS) is 19.3. The van der Waals surface area contributed by atoms with Gasteiger partial charge in [0.25, 0.3) is 0 Å². The molecule has 1 heterocycles. The van der Waals surface area contributed by atoms with Gasteiger partial charge in [-0.3, -0.25) is 4.79 Å². The molecule has 23 heavy (non-hydrogen) atoms. The van der Waals surface area contributed by atoms with Crippen LogP contribution in [0, 0.1) is 0 Å². The van der Waals surface area contributed by atoms with E-state index in [0.29, 0.717) is 28.6 Å². The van der Waals surface area contributed by atoms with E-state index in [1.54, 1.807) is 12.1 Å². The Labute approximate surface area is 140 Å². The van der Waals surface area contributed by atoms with Crippen molar-refractivity contribution in [3.8, 4) is 11.5 Å². The van der Waals surface area contributed by atoms with E-state index in [0.717, 1.165) is 0 Å². The lowest BCUT2D eigenvalue weighted by atomic mass is 10.2. The van der Waals surface area contributed by atoms with Crippen LogP contribution in [0.5, 0.6) is 11.5 Å². The quantitative estimate of drug-likeness (QED) is 0.786. The maximum atomic E-state index is 12.0. The van der Waals surface area contributed by atoms with Gasteiger partial charge in [0.1, 0.15) is 11.5 Å². The molecular formula is C14H19ClN2O5S. The van der Waals surface area contributed by atoms with Gasteiger partial charge in [0.15, 0.2) is 9.84 Å². The fourth-order valence-corrected chi connectivity index (χ4v) is 4.28. The molecule has 0 saturated carbocycles. The second-order valence-electron chi connectivity index (χ2n) is 5.22. The minimum absolute atomic E-state index is 0.00822. The zero-order valence-electron chi connectivity index (χ0n) is 12.9. The number of hydrogen-bond donors (Lipinski definition) is 2. The molecule has 2 N–H and O–H groups in total. The van der Waals surface area contributed by atoms with Crippen LogP contribution in [0.1, 0.15) is 6.42 Å². The van der Waals surface area contributed by atoms with Crippen molar-refractivity contribution in [2.24, 2.45) is 0 Å².